The number of amides is 1. The molecular formula is C20H20N4O2. The van der Waals surface area contributed by atoms with E-state index in [4.69, 9.17) is 0 Å². The van der Waals surface area contributed by atoms with Crippen molar-refractivity contribution in [1.29, 1.82) is 0 Å². The Bertz CT molecular complexity index is 1040. The fraction of sp³-hybridized carbons (Fsp3) is 0.350. The van der Waals surface area contributed by atoms with Crippen LogP contribution in [0.2, 0.25) is 0 Å². The Labute approximate surface area is 150 Å². The number of nitrogens with zero attached hydrogens (tertiary/aromatic N) is 3. The van der Waals surface area contributed by atoms with E-state index in [-0.39, 0.29) is 17.5 Å². The minimum absolute atomic E-state index is 0.0910. The molecule has 0 radical (unpaired) electrons. The van der Waals surface area contributed by atoms with E-state index in [1.54, 1.807) is 6.20 Å². The zero-order valence-electron chi connectivity index (χ0n) is 14.4. The summed E-state index contributed by atoms with van der Waals surface area (Å²) in [5, 5.41) is 3.01. The molecule has 0 unspecified atom stereocenters. The maximum absolute atomic E-state index is 13.0. The van der Waals surface area contributed by atoms with Gasteiger partial charge in [-0.1, -0.05) is 49.6 Å². The van der Waals surface area contributed by atoms with Crippen LogP contribution in [0, 0.1) is 0 Å². The van der Waals surface area contributed by atoms with Crippen LogP contribution in [-0.2, 0) is 6.54 Å². The predicted molar refractivity (Wildman–Crippen MR) is 98.0 cm³/mol. The van der Waals surface area contributed by atoms with Crippen molar-refractivity contribution in [2.45, 2.75) is 44.7 Å². The van der Waals surface area contributed by atoms with Crippen LogP contribution in [-0.4, -0.2) is 31.4 Å². The topological polar surface area (TPSA) is 70.5 Å². The molecule has 1 saturated carbocycles. The van der Waals surface area contributed by atoms with Gasteiger partial charge in [0.25, 0.3) is 11.5 Å². The van der Waals surface area contributed by atoms with Crippen LogP contribution >= 0.6 is 0 Å². The second-order valence-corrected chi connectivity index (χ2v) is 7.18. The van der Waals surface area contributed by atoms with Crippen LogP contribution in [0.25, 0.3) is 16.8 Å². The largest absolute Gasteiger partial charge is 0.330 e. The van der Waals surface area contributed by atoms with E-state index in [2.05, 4.69) is 10.1 Å². The first kappa shape index (κ1) is 15.4. The number of hydrogen-bond acceptors (Lipinski definition) is 3. The maximum Gasteiger partial charge on any atom is 0.278 e. The van der Waals surface area contributed by atoms with Gasteiger partial charge in [0.1, 0.15) is 5.69 Å². The average molecular weight is 348 g/mol. The number of aromatic nitrogens is 3. The Hall–Kier alpha value is -2.89. The molecule has 2 aromatic heterocycles. The first-order valence-corrected chi connectivity index (χ1v) is 9.23. The molecule has 1 aromatic carbocycles. The van der Waals surface area contributed by atoms with E-state index in [0.717, 1.165) is 36.8 Å². The number of carbonyl (C=O) groups excluding carboxylic acids is 1. The van der Waals surface area contributed by atoms with E-state index in [1.807, 2.05) is 35.2 Å². The van der Waals surface area contributed by atoms with Gasteiger partial charge >= 0.3 is 0 Å². The zero-order chi connectivity index (χ0) is 17.7. The molecule has 0 bridgehead atoms. The van der Waals surface area contributed by atoms with Gasteiger partial charge in [-0.25, -0.2) is 9.50 Å². The molecule has 1 aliphatic carbocycles. The molecular weight excluding hydrogens is 328 g/mol. The lowest BCUT2D eigenvalue weighted by molar-refractivity contribution is 0.0656. The summed E-state index contributed by atoms with van der Waals surface area (Å²) in [5.74, 6) is -0.0910. The molecule has 3 aromatic rings. The van der Waals surface area contributed by atoms with Crippen molar-refractivity contribution >= 4 is 11.6 Å². The molecule has 3 heterocycles. The van der Waals surface area contributed by atoms with Gasteiger partial charge in [0.15, 0.2) is 5.65 Å². The number of benzene rings is 1. The number of hydrogen-bond donors (Lipinski definition) is 1. The van der Waals surface area contributed by atoms with Crippen molar-refractivity contribution in [3.05, 3.63) is 58.1 Å². The Kier molecular flexibility index (Phi) is 3.45. The van der Waals surface area contributed by atoms with Crippen LogP contribution in [0.3, 0.4) is 0 Å². The third-order valence-corrected chi connectivity index (χ3v) is 5.65. The summed E-state index contributed by atoms with van der Waals surface area (Å²) in [6.45, 7) is 0.382. The highest BCUT2D eigenvalue weighted by Crippen LogP contribution is 2.30. The fourth-order valence-electron chi connectivity index (χ4n) is 4.27. The molecule has 0 atom stereocenters. The van der Waals surface area contributed by atoms with Crippen LogP contribution in [0.1, 0.15) is 48.2 Å². The summed E-state index contributed by atoms with van der Waals surface area (Å²) in [5.41, 5.74) is 2.98. The molecule has 1 fully saturated rings. The minimum atomic E-state index is -0.168. The molecule has 1 amide bonds. The van der Waals surface area contributed by atoms with Crippen molar-refractivity contribution in [1.82, 2.24) is 19.5 Å². The van der Waals surface area contributed by atoms with Gasteiger partial charge in [-0.05, 0) is 18.4 Å². The van der Waals surface area contributed by atoms with Crippen molar-refractivity contribution in [3.8, 4) is 11.1 Å². The molecule has 132 valence electrons. The summed E-state index contributed by atoms with van der Waals surface area (Å²) in [6, 6.07) is 10.0. The summed E-state index contributed by atoms with van der Waals surface area (Å²) in [6.07, 6.45) is 7.35. The summed E-state index contributed by atoms with van der Waals surface area (Å²) in [4.78, 5) is 32.4. The van der Waals surface area contributed by atoms with Crippen LogP contribution < -0.4 is 5.56 Å². The smallest absolute Gasteiger partial charge is 0.278 e. The maximum atomic E-state index is 13.0. The van der Waals surface area contributed by atoms with Crippen LogP contribution in [0.15, 0.2) is 41.3 Å². The molecule has 0 spiro atoms. The monoisotopic (exact) mass is 348 g/mol. The van der Waals surface area contributed by atoms with Crippen LogP contribution in [0.5, 0.6) is 0 Å². The normalized spacial score (nSPS) is 17.8. The Balaban J connectivity index is 1.62. The second kappa shape index (κ2) is 5.83. The van der Waals surface area contributed by atoms with Crippen molar-refractivity contribution in [2.24, 2.45) is 0 Å². The quantitative estimate of drug-likeness (QED) is 0.774. The third-order valence-electron chi connectivity index (χ3n) is 5.65. The Morgan fingerprint density at radius 3 is 2.58 bits per heavy atom. The number of rotatable bonds is 2. The lowest BCUT2D eigenvalue weighted by atomic mass is 9.94. The van der Waals surface area contributed by atoms with E-state index in [0.29, 0.717) is 23.4 Å². The minimum Gasteiger partial charge on any atom is -0.330 e. The molecule has 6 nitrogen and oxygen atoms in total. The lowest BCUT2D eigenvalue weighted by Crippen LogP contribution is -2.37. The van der Waals surface area contributed by atoms with Gasteiger partial charge in [0, 0.05) is 17.8 Å². The SMILES string of the molecule is O=C1c2nc3c(-c4ccccc4)c[nH]n3c(=O)c2CN1C1CCCCC1. The standard InChI is InChI=1S/C20H20N4O2/c25-19-16-12-23(14-9-5-2-6-10-14)20(26)17(16)22-18-15(11-21-24(18)19)13-7-3-1-4-8-13/h1,3-4,7-8,11,14,21H,2,5-6,9-10,12H2. The number of nitrogens with one attached hydrogen (secondary N) is 1. The molecule has 1 aliphatic heterocycles. The number of aromatic amines is 1. The zero-order valence-corrected chi connectivity index (χ0v) is 14.4. The third kappa shape index (κ3) is 2.21. The fourth-order valence-corrected chi connectivity index (χ4v) is 4.27. The number of fused-ring (bicyclic) bond motifs is 2. The molecule has 0 saturated heterocycles. The number of carbonyl (C=O) groups is 1. The highest BCUT2D eigenvalue weighted by molar-refractivity contribution is 5.97. The van der Waals surface area contributed by atoms with Gasteiger partial charge < -0.3 is 4.90 Å². The second-order valence-electron chi connectivity index (χ2n) is 7.18. The van der Waals surface area contributed by atoms with Crippen molar-refractivity contribution in [3.63, 3.8) is 0 Å². The van der Waals surface area contributed by atoms with E-state index in [1.165, 1.54) is 10.9 Å². The Morgan fingerprint density at radius 1 is 1.04 bits per heavy atom. The van der Waals surface area contributed by atoms with Crippen LogP contribution in [0.4, 0.5) is 0 Å². The van der Waals surface area contributed by atoms with Gasteiger partial charge in [0.2, 0.25) is 0 Å². The molecule has 26 heavy (non-hydrogen) atoms. The highest BCUT2D eigenvalue weighted by Gasteiger charge is 2.37. The number of H-pyrrole nitrogens is 1. The first-order valence-electron chi connectivity index (χ1n) is 9.23. The van der Waals surface area contributed by atoms with E-state index >= 15 is 0 Å². The average Bonchev–Trinajstić information content (AvgIpc) is 3.26. The molecule has 1 N–H and O–H groups in total. The highest BCUT2D eigenvalue weighted by atomic mass is 16.2. The molecule has 6 heteroatoms. The van der Waals surface area contributed by atoms with Gasteiger partial charge in [0.05, 0.1) is 12.1 Å². The lowest BCUT2D eigenvalue weighted by Gasteiger charge is -2.30. The predicted octanol–water partition coefficient (Wildman–Crippen LogP) is 2.98. The van der Waals surface area contributed by atoms with Gasteiger partial charge in [-0.2, -0.15) is 0 Å². The Morgan fingerprint density at radius 2 is 1.81 bits per heavy atom. The van der Waals surface area contributed by atoms with Gasteiger partial charge in [-0.15, -0.1) is 0 Å². The van der Waals surface area contributed by atoms with E-state index < -0.39 is 0 Å². The van der Waals surface area contributed by atoms with Crippen molar-refractivity contribution < 1.29 is 4.79 Å². The summed E-state index contributed by atoms with van der Waals surface area (Å²) >= 11 is 0. The first-order chi connectivity index (χ1) is 12.7. The van der Waals surface area contributed by atoms with E-state index in [9.17, 15) is 9.59 Å². The summed E-state index contributed by atoms with van der Waals surface area (Å²) < 4.78 is 1.46. The van der Waals surface area contributed by atoms with Crippen molar-refractivity contribution in [2.75, 3.05) is 0 Å². The molecule has 5 rings (SSSR count). The van der Waals surface area contributed by atoms with Gasteiger partial charge in [-0.3, -0.25) is 14.7 Å². The molecule has 2 aliphatic rings. The summed E-state index contributed by atoms with van der Waals surface area (Å²) in [7, 11) is 0.